The zero-order valence-corrected chi connectivity index (χ0v) is 24.6. The van der Waals surface area contributed by atoms with Gasteiger partial charge >= 0.3 is 5.97 Å². The number of hydrogen-bond donors (Lipinski definition) is 1. The van der Waals surface area contributed by atoms with E-state index in [1.54, 1.807) is 27.7 Å². The van der Waals surface area contributed by atoms with Crippen molar-refractivity contribution in [3.8, 4) is 11.5 Å². The molecule has 1 unspecified atom stereocenters. The Balaban J connectivity index is 2.57. The van der Waals surface area contributed by atoms with Gasteiger partial charge in [0.2, 0.25) is 10.0 Å². The maximum Gasteiger partial charge on any atom is 0.346 e. The van der Waals surface area contributed by atoms with Gasteiger partial charge in [-0.1, -0.05) is 25.4 Å². The van der Waals surface area contributed by atoms with Crippen LogP contribution in [0.25, 0.3) is 0 Å². The van der Waals surface area contributed by atoms with Gasteiger partial charge in [0.25, 0.3) is 5.69 Å². The normalized spacial score (nSPS) is 13.0. The molecule has 0 heterocycles. The molecule has 2 rings (SSSR count). The highest BCUT2D eigenvalue weighted by atomic mass is 35.5. The van der Waals surface area contributed by atoms with Crippen molar-refractivity contribution in [2.75, 3.05) is 10.5 Å². The van der Waals surface area contributed by atoms with E-state index in [0.29, 0.717) is 0 Å². The number of nitro groups is 1. The van der Waals surface area contributed by atoms with Crippen LogP contribution in [0.15, 0.2) is 24.3 Å². The first kappa shape index (κ1) is 32.2. The van der Waals surface area contributed by atoms with E-state index in [0.717, 1.165) is 24.3 Å². The quantitative estimate of drug-likeness (QED) is 0.190. The van der Waals surface area contributed by atoms with Gasteiger partial charge in [-0.05, 0) is 58.7 Å². The molecule has 2 aromatic rings. The largest absolute Gasteiger partial charge is 0.456 e. The Labute approximate surface area is 231 Å². The summed E-state index contributed by atoms with van der Waals surface area (Å²) in [6.45, 7) is 9.04. The van der Waals surface area contributed by atoms with Crippen LogP contribution < -0.4 is 9.46 Å². The molecule has 0 spiro atoms. The van der Waals surface area contributed by atoms with Gasteiger partial charge in [0.1, 0.15) is 21.9 Å². The van der Waals surface area contributed by atoms with Crippen molar-refractivity contribution in [1.82, 2.24) is 0 Å². The van der Waals surface area contributed by atoms with Crippen molar-refractivity contribution in [1.29, 1.82) is 0 Å². The number of hydrogen-bond acceptors (Lipinski definition) is 9. The van der Waals surface area contributed by atoms with E-state index in [4.69, 9.17) is 21.1 Å². The summed E-state index contributed by atoms with van der Waals surface area (Å²) in [5, 5.41) is 11.0. The first-order valence-corrected chi connectivity index (χ1v) is 15.4. The number of esters is 1. The van der Waals surface area contributed by atoms with E-state index in [1.807, 2.05) is 0 Å². The molecule has 15 heteroatoms. The molecule has 0 fully saturated rings. The number of rotatable bonds is 11. The van der Waals surface area contributed by atoms with Crippen LogP contribution in [0.2, 0.25) is 5.02 Å². The van der Waals surface area contributed by atoms with E-state index in [-0.39, 0.29) is 35.6 Å². The summed E-state index contributed by atoms with van der Waals surface area (Å²) in [5.74, 6) is -3.24. The maximum absolute atomic E-state index is 14.8. The van der Waals surface area contributed by atoms with Crippen molar-refractivity contribution < 1.29 is 40.4 Å². The van der Waals surface area contributed by atoms with Gasteiger partial charge in [0.05, 0.1) is 16.4 Å². The number of ether oxygens (including phenoxy) is 2. The fourth-order valence-corrected chi connectivity index (χ4v) is 8.30. The van der Waals surface area contributed by atoms with Gasteiger partial charge < -0.3 is 9.47 Å². The van der Waals surface area contributed by atoms with E-state index in [9.17, 15) is 36.1 Å². The second-order valence-corrected chi connectivity index (χ2v) is 14.4. The predicted molar refractivity (Wildman–Crippen MR) is 145 cm³/mol. The van der Waals surface area contributed by atoms with Gasteiger partial charge in [0, 0.05) is 11.6 Å². The lowest BCUT2D eigenvalue weighted by Crippen LogP contribution is -2.35. The number of anilines is 1. The third-order valence-electron chi connectivity index (χ3n) is 5.27. The van der Waals surface area contributed by atoms with Crippen molar-refractivity contribution >= 4 is 48.8 Å². The van der Waals surface area contributed by atoms with Crippen molar-refractivity contribution in [3.63, 3.8) is 0 Å². The Bertz CT molecular complexity index is 1490. The average molecular weight is 609 g/mol. The highest BCUT2D eigenvalue weighted by molar-refractivity contribution is 8.09. The number of nitrogens with zero attached hydrogens (tertiary/aromatic N) is 1. The molecule has 216 valence electrons. The third-order valence-corrected chi connectivity index (χ3v) is 10.9. The molecule has 39 heavy (non-hydrogen) atoms. The van der Waals surface area contributed by atoms with E-state index >= 15 is 0 Å². The lowest BCUT2D eigenvalue weighted by Gasteiger charge is -2.21. The van der Waals surface area contributed by atoms with Crippen LogP contribution in [0, 0.1) is 22.9 Å². The maximum atomic E-state index is 14.8. The highest BCUT2D eigenvalue weighted by Gasteiger charge is 2.36. The van der Waals surface area contributed by atoms with Crippen LogP contribution in [0.3, 0.4) is 0 Å². The van der Waals surface area contributed by atoms with Gasteiger partial charge in [0.15, 0.2) is 26.0 Å². The molecule has 0 bridgehead atoms. The Morgan fingerprint density at radius 3 is 2.28 bits per heavy atom. The summed E-state index contributed by atoms with van der Waals surface area (Å²) in [5.41, 5.74) is -2.38. The molecule has 0 amide bonds. The third kappa shape index (κ3) is 7.57. The Kier molecular flexibility index (Phi) is 9.96. The monoisotopic (exact) mass is 608 g/mol. The zero-order valence-electron chi connectivity index (χ0n) is 22.2. The van der Waals surface area contributed by atoms with Crippen molar-refractivity contribution in [2.24, 2.45) is 0 Å². The van der Waals surface area contributed by atoms with Crippen LogP contribution >= 0.6 is 11.6 Å². The second kappa shape index (κ2) is 12.0. The summed E-state index contributed by atoms with van der Waals surface area (Å²) in [6, 6.07) is 3.94. The molecule has 1 atom stereocenters. The van der Waals surface area contributed by atoms with Crippen molar-refractivity contribution in [2.45, 2.75) is 64.6 Å². The lowest BCUT2D eigenvalue weighted by atomic mass is 10.0. The number of sulfonamides is 1. The molecule has 2 aromatic carbocycles. The minimum Gasteiger partial charge on any atom is -0.456 e. The molecule has 0 aromatic heterocycles. The fraction of sp³-hybridized carbons (Fsp3) is 0.458. The average Bonchev–Trinajstić information content (AvgIpc) is 2.77. The topological polar surface area (TPSA) is 159 Å². The number of benzene rings is 2. The summed E-state index contributed by atoms with van der Waals surface area (Å²) in [4.78, 5) is 23.5. The summed E-state index contributed by atoms with van der Waals surface area (Å²) in [6.07, 6.45) is -0.0290. The molecule has 0 aliphatic heterocycles. The number of nitrogens with one attached hydrogen (secondary N) is 1. The minimum absolute atomic E-state index is 0.0587. The number of carbonyl (C=O) groups is 1. The Morgan fingerprint density at radius 2 is 1.77 bits per heavy atom. The SMILES string of the molecule is CCCS(=O)(=O)C(CC)S(=O)(=O)Nc1ccc(F)c(Oc2ccc([N+](=O)[O-])c(C(=O)OC(C)(C)C)c2C)c1Cl. The molecule has 1 N–H and O–H groups in total. The Morgan fingerprint density at radius 1 is 1.15 bits per heavy atom. The first-order chi connectivity index (χ1) is 17.9. The molecule has 0 saturated carbocycles. The fourth-order valence-electron chi connectivity index (χ4n) is 3.64. The van der Waals surface area contributed by atoms with Crippen molar-refractivity contribution in [3.05, 3.63) is 56.3 Å². The van der Waals surface area contributed by atoms with E-state index < -0.39 is 68.8 Å². The van der Waals surface area contributed by atoms with E-state index in [1.165, 1.54) is 13.8 Å². The van der Waals surface area contributed by atoms with Crippen LogP contribution in [0.4, 0.5) is 15.8 Å². The Hall–Kier alpha value is -2.97. The minimum atomic E-state index is -4.53. The second-order valence-electron chi connectivity index (χ2n) is 9.53. The van der Waals surface area contributed by atoms with Crippen LogP contribution in [0.5, 0.6) is 11.5 Å². The van der Waals surface area contributed by atoms with Gasteiger partial charge in [-0.15, -0.1) is 0 Å². The van der Waals surface area contributed by atoms with Gasteiger partial charge in [-0.25, -0.2) is 26.0 Å². The number of sulfone groups is 1. The molecule has 0 aliphatic rings. The zero-order chi connectivity index (χ0) is 29.9. The number of nitro benzene ring substituents is 1. The molecule has 11 nitrogen and oxygen atoms in total. The molecule has 0 aliphatic carbocycles. The standard InChI is InChI=1S/C24H30ClFN2O9S2/c1-7-13-38(32,33)19(8-2)39(34,35)27-16-10-9-15(26)22(21(16)25)36-18-12-11-17(28(30)31)20(14(18)3)23(29)37-24(4,5)6/h9-12,19,27H,7-8,13H2,1-6H3. The summed E-state index contributed by atoms with van der Waals surface area (Å²) in [7, 11) is -8.55. The predicted octanol–water partition coefficient (Wildman–Crippen LogP) is 5.75. The molecular formula is C24H30ClFN2O9S2. The summed E-state index contributed by atoms with van der Waals surface area (Å²) < 4.78 is 76.9. The lowest BCUT2D eigenvalue weighted by molar-refractivity contribution is -0.385. The van der Waals surface area contributed by atoms with Gasteiger partial charge in [-0.3, -0.25) is 14.8 Å². The van der Waals surface area contributed by atoms with E-state index in [2.05, 4.69) is 4.72 Å². The molecule has 0 radical (unpaired) electrons. The van der Waals surface area contributed by atoms with Crippen LogP contribution in [-0.4, -0.2) is 43.7 Å². The van der Waals surface area contributed by atoms with Gasteiger partial charge in [-0.2, -0.15) is 0 Å². The number of halogens is 2. The first-order valence-electron chi connectivity index (χ1n) is 11.8. The van der Waals surface area contributed by atoms with Crippen LogP contribution in [0.1, 0.15) is 63.4 Å². The smallest absolute Gasteiger partial charge is 0.346 e. The summed E-state index contributed by atoms with van der Waals surface area (Å²) >= 11 is 6.28. The van der Waals surface area contributed by atoms with Crippen LogP contribution in [-0.2, 0) is 24.6 Å². The highest BCUT2D eigenvalue weighted by Crippen LogP contribution is 2.41. The molecule has 0 saturated heterocycles. The molecular weight excluding hydrogens is 579 g/mol. The number of carbonyl (C=O) groups excluding carboxylic acids is 1.